The highest BCUT2D eigenvalue weighted by molar-refractivity contribution is 7.21. The predicted octanol–water partition coefficient (Wildman–Crippen LogP) is 5.93. The van der Waals surface area contributed by atoms with Gasteiger partial charge in [0.15, 0.2) is 0 Å². The van der Waals surface area contributed by atoms with Crippen molar-refractivity contribution < 1.29 is 0 Å². The van der Waals surface area contributed by atoms with Crippen LogP contribution in [0.3, 0.4) is 0 Å². The molecule has 0 spiro atoms. The highest BCUT2D eigenvalue weighted by Gasteiger charge is 2.19. The zero-order chi connectivity index (χ0) is 16.8. The van der Waals surface area contributed by atoms with Crippen LogP contribution in [-0.2, 0) is 0 Å². The Hall–Kier alpha value is -2.69. The average molecular weight is 362 g/mol. The van der Waals surface area contributed by atoms with Gasteiger partial charge in [0.25, 0.3) is 0 Å². The first-order valence-electron chi connectivity index (χ1n) is 7.88. The minimum atomic E-state index is 0.700. The largest absolute Gasteiger partial charge is 0.297 e. The summed E-state index contributed by atoms with van der Waals surface area (Å²) in [4.78, 5) is 9.68. The van der Waals surface area contributed by atoms with E-state index < -0.39 is 0 Å². The molecule has 0 saturated heterocycles. The standard InChI is InChI=1S/C20H12ClN3S/c21-14-9-10-16-15(12-14)22-20(25-16)19-18(13-6-2-1-3-7-13)23-17-8-4-5-11-24(17)19/h1-12H. The van der Waals surface area contributed by atoms with E-state index in [-0.39, 0.29) is 0 Å². The maximum absolute atomic E-state index is 6.12. The fraction of sp³-hybridized carbons (Fsp3) is 0. The Morgan fingerprint density at radius 2 is 1.72 bits per heavy atom. The Morgan fingerprint density at radius 3 is 2.60 bits per heavy atom. The van der Waals surface area contributed by atoms with Crippen LogP contribution in [0.25, 0.3) is 37.8 Å². The summed E-state index contributed by atoms with van der Waals surface area (Å²) >= 11 is 7.78. The van der Waals surface area contributed by atoms with Crippen molar-refractivity contribution in [3.05, 3.63) is 77.9 Å². The molecule has 120 valence electrons. The first kappa shape index (κ1) is 14.6. The third kappa shape index (κ3) is 2.42. The molecule has 0 aliphatic rings. The fourth-order valence-corrected chi connectivity index (χ4v) is 4.15. The molecule has 3 heterocycles. The molecule has 0 aliphatic carbocycles. The highest BCUT2D eigenvalue weighted by Crippen LogP contribution is 2.37. The zero-order valence-electron chi connectivity index (χ0n) is 13.1. The number of rotatable bonds is 2. The van der Waals surface area contributed by atoms with Crippen LogP contribution in [0.2, 0.25) is 5.02 Å². The molecule has 25 heavy (non-hydrogen) atoms. The zero-order valence-corrected chi connectivity index (χ0v) is 14.6. The molecular formula is C20H12ClN3S. The normalized spacial score (nSPS) is 11.4. The van der Waals surface area contributed by atoms with Gasteiger partial charge in [-0.05, 0) is 30.3 Å². The number of hydrogen-bond donors (Lipinski definition) is 0. The van der Waals surface area contributed by atoms with E-state index in [1.165, 1.54) is 0 Å². The Balaban J connectivity index is 1.84. The summed E-state index contributed by atoms with van der Waals surface area (Å²) in [7, 11) is 0. The van der Waals surface area contributed by atoms with Gasteiger partial charge in [-0.1, -0.05) is 48.0 Å². The van der Waals surface area contributed by atoms with Gasteiger partial charge in [0.1, 0.15) is 16.3 Å². The van der Waals surface area contributed by atoms with Crippen LogP contribution in [-0.4, -0.2) is 14.4 Å². The second-order valence-electron chi connectivity index (χ2n) is 5.73. The van der Waals surface area contributed by atoms with E-state index in [4.69, 9.17) is 21.6 Å². The Labute approximate surface area is 153 Å². The van der Waals surface area contributed by atoms with Gasteiger partial charge in [0.2, 0.25) is 0 Å². The molecule has 5 heteroatoms. The molecule has 0 fully saturated rings. The summed E-state index contributed by atoms with van der Waals surface area (Å²) in [6, 6.07) is 22.1. The van der Waals surface area contributed by atoms with Gasteiger partial charge in [-0.2, -0.15) is 0 Å². The Kier molecular flexibility index (Phi) is 3.33. The number of thiazole rings is 1. The van der Waals surface area contributed by atoms with Crippen molar-refractivity contribution in [2.45, 2.75) is 0 Å². The first-order valence-corrected chi connectivity index (χ1v) is 9.08. The van der Waals surface area contributed by atoms with E-state index >= 15 is 0 Å². The quantitative estimate of drug-likeness (QED) is 0.390. The third-order valence-corrected chi connectivity index (χ3v) is 5.41. The van der Waals surface area contributed by atoms with Gasteiger partial charge in [-0.25, -0.2) is 9.97 Å². The van der Waals surface area contributed by atoms with E-state index in [9.17, 15) is 0 Å². The molecule has 0 unspecified atom stereocenters. The van der Waals surface area contributed by atoms with Gasteiger partial charge in [0.05, 0.1) is 15.9 Å². The predicted molar refractivity (Wildman–Crippen MR) is 104 cm³/mol. The van der Waals surface area contributed by atoms with E-state index in [0.717, 1.165) is 37.8 Å². The molecule has 0 bridgehead atoms. The summed E-state index contributed by atoms with van der Waals surface area (Å²) in [5, 5.41) is 1.64. The maximum Gasteiger partial charge on any atom is 0.143 e. The van der Waals surface area contributed by atoms with Gasteiger partial charge < -0.3 is 0 Å². The number of benzene rings is 2. The van der Waals surface area contributed by atoms with Gasteiger partial charge >= 0.3 is 0 Å². The minimum Gasteiger partial charge on any atom is -0.297 e. The second-order valence-corrected chi connectivity index (χ2v) is 7.20. The van der Waals surface area contributed by atoms with Crippen LogP contribution in [0.15, 0.2) is 72.9 Å². The maximum atomic E-state index is 6.12. The van der Waals surface area contributed by atoms with E-state index in [1.54, 1.807) is 11.3 Å². The van der Waals surface area contributed by atoms with Crippen LogP contribution in [0.4, 0.5) is 0 Å². The molecule has 2 aromatic carbocycles. The molecule has 5 aromatic rings. The van der Waals surface area contributed by atoms with Crippen molar-refractivity contribution in [3.63, 3.8) is 0 Å². The molecule has 0 atom stereocenters. The lowest BCUT2D eigenvalue weighted by Crippen LogP contribution is -1.88. The van der Waals surface area contributed by atoms with E-state index in [0.29, 0.717) is 5.02 Å². The van der Waals surface area contributed by atoms with Gasteiger partial charge in [-0.15, -0.1) is 11.3 Å². The molecule has 5 rings (SSSR count). The van der Waals surface area contributed by atoms with E-state index in [1.807, 2.05) is 60.8 Å². The van der Waals surface area contributed by atoms with E-state index in [2.05, 4.69) is 16.5 Å². The number of pyridine rings is 1. The topological polar surface area (TPSA) is 30.2 Å². The molecule has 3 aromatic heterocycles. The second kappa shape index (κ2) is 5.69. The highest BCUT2D eigenvalue weighted by atomic mass is 35.5. The minimum absolute atomic E-state index is 0.700. The molecule has 0 amide bonds. The first-order chi connectivity index (χ1) is 12.3. The lowest BCUT2D eigenvalue weighted by atomic mass is 10.1. The van der Waals surface area contributed by atoms with Crippen molar-refractivity contribution in [2.75, 3.05) is 0 Å². The van der Waals surface area contributed by atoms with Crippen molar-refractivity contribution in [1.82, 2.24) is 14.4 Å². The number of nitrogens with zero attached hydrogens (tertiary/aromatic N) is 3. The molecule has 0 radical (unpaired) electrons. The van der Waals surface area contributed by atoms with Gasteiger partial charge in [-0.3, -0.25) is 4.40 Å². The van der Waals surface area contributed by atoms with Gasteiger partial charge in [0, 0.05) is 16.8 Å². The summed E-state index contributed by atoms with van der Waals surface area (Å²) in [6.45, 7) is 0. The van der Waals surface area contributed by atoms with Crippen molar-refractivity contribution in [2.24, 2.45) is 0 Å². The van der Waals surface area contributed by atoms with Crippen LogP contribution < -0.4 is 0 Å². The van der Waals surface area contributed by atoms with Crippen LogP contribution in [0, 0.1) is 0 Å². The summed E-state index contributed by atoms with van der Waals surface area (Å²) in [5.74, 6) is 0. The lowest BCUT2D eigenvalue weighted by molar-refractivity contribution is 1.18. The Bertz CT molecular complexity index is 1210. The number of aromatic nitrogens is 3. The van der Waals surface area contributed by atoms with Crippen molar-refractivity contribution >= 4 is 38.8 Å². The number of hydrogen-bond acceptors (Lipinski definition) is 3. The summed E-state index contributed by atoms with van der Waals surface area (Å²) in [6.07, 6.45) is 2.03. The average Bonchev–Trinajstić information content (AvgIpc) is 3.22. The lowest BCUT2D eigenvalue weighted by Gasteiger charge is -2.02. The van der Waals surface area contributed by atoms with Crippen LogP contribution in [0.1, 0.15) is 0 Å². The van der Waals surface area contributed by atoms with Crippen molar-refractivity contribution in [1.29, 1.82) is 0 Å². The number of halogens is 1. The SMILES string of the molecule is Clc1ccc2sc(-c3c(-c4ccccc4)nc4ccccn34)nc2c1. The number of fused-ring (bicyclic) bond motifs is 2. The van der Waals surface area contributed by atoms with Crippen LogP contribution in [0.5, 0.6) is 0 Å². The van der Waals surface area contributed by atoms with Crippen molar-refractivity contribution in [3.8, 4) is 22.0 Å². The monoisotopic (exact) mass is 361 g/mol. The summed E-state index contributed by atoms with van der Waals surface area (Å²) in [5.41, 5.74) is 4.86. The molecular weight excluding hydrogens is 350 g/mol. The fourth-order valence-electron chi connectivity index (χ4n) is 3.00. The summed E-state index contributed by atoms with van der Waals surface area (Å²) < 4.78 is 3.21. The third-order valence-electron chi connectivity index (χ3n) is 4.13. The molecule has 0 N–H and O–H groups in total. The molecule has 0 saturated carbocycles. The number of imidazole rings is 1. The molecule has 0 aliphatic heterocycles. The Morgan fingerprint density at radius 1 is 0.880 bits per heavy atom. The molecule has 3 nitrogen and oxygen atoms in total. The smallest absolute Gasteiger partial charge is 0.143 e. The van der Waals surface area contributed by atoms with Crippen LogP contribution >= 0.6 is 22.9 Å².